The number of rotatable bonds is 4. The molecule has 1 fully saturated rings. The van der Waals surface area contributed by atoms with Gasteiger partial charge >= 0.3 is 5.97 Å². The number of carbonyl (C=O) groups is 1. The van der Waals surface area contributed by atoms with E-state index in [-0.39, 0.29) is 6.10 Å². The minimum Gasteiger partial charge on any atom is -0.487 e. The summed E-state index contributed by atoms with van der Waals surface area (Å²) >= 11 is 0. The average Bonchev–Trinajstić information content (AvgIpc) is 2.68. The van der Waals surface area contributed by atoms with E-state index in [1.165, 1.54) is 16.7 Å². The number of aliphatic carboxylic acids is 1. The zero-order valence-corrected chi connectivity index (χ0v) is 15.8. The molecule has 4 rings (SSSR count). The highest BCUT2D eigenvalue weighted by Gasteiger charge is 2.24. The summed E-state index contributed by atoms with van der Waals surface area (Å²) in [6.07, 6.45) is 4.73. The van der Waals surface area contributed by atoms with Crippen molar-refractivity contribution in [1.29, 1.82) is 0 Å². The summed E-state index contributed by atoms with van der Waals surface area (Å²) in [5.41, 5.74) is 4.80. The van der Waals surface area contributed by atoms with Crippen LogP contribution in [-0.2, 0) is 4.79 Å². The van der Waals surface area contributed by atoms with Crippen LogP contribution in [0.2, 0.25) is 0 Å². The van der Waals surface area contributed by atoms with Gasteiger partial charge in [0.2, 0.25) is 0 Å². The molecule has 27 heavy (non-hydrogen) atoms. The number of benzene rings is 2. The van der Waals surface area contributed by atoms with Crippen molar-refractivity contribution < 1.29 is 14.6 Å². The van der Waals surface area contributed by atoms with E-state index in [0.717, 1.165) is 43.7 Å². The molecule has 0 amide bonds. The first-order valence-corrected chi connectivity index (χ1v) is 9.95. The van der Waals surface area contributed by atoms with Crippen molar-refractivity contribution >= 4 is 11.7 Å². The number of anilines is 1. The monoisotopic (exact) mass is 365 g/mol. The Morgan fingerprint density at radius 2 is 1.78 bits per heavy atom. The minimum atomic E-state index is -0.665. The molecule has 4 heteroatoms. The van der Waals surface area contributed by atoms with Crippen LogP contribution in [0.5, 0.6) is 5.75 Å². The Kier molecular flexibility index (Phi) is 5.06. The van der Waals surface area contributed by atoms with Gasteiger partial charge in [-0.2, -0.15) is 0 Å². The topological polar surface area (TPSA) is 58.6 Å². The van der Waals surface area contributed by atoms with E-state index in [9.17, 15) is 4.79 Å². The third-order valence-corrected chi connectivity index (χ3v) is 5.92. The molecule has 2 aromatic carbocycles. The number of nitrogens with one attached hydrogen (secondary N) is 1. The van der Waals surface area contributed by atoms with Gasteiger partial charge in [0.05, 0.1) is 12.2 Å². The van der Waals surface area contributed by atoms with E-state index in [1.807, 2.05) is 0 Å². The van der Waals surface area contributed by atoms with Crippen LogP contribution in [0.25, 0.3) is 11.1 Å². The van der Waals surface area contributed by atoms with Crippen molar-refractivity contribution in [3.05, 3.63) is 48.0 Å². The van der Waals surface area contributed by atoms with E-state index < -0.39 is 5.97 Å². The number of ether oxygens (including phenoxy) is 1. The summed E-state index contributed by atoms with van der Waals surface area (Å²) in [7, 11) is 0. The second-order valence-corrected chi connectivity index (χ2v) is 7.96. The minimum absolute atomic E-state index is 0.186. The van der Waals surface area contributed by atoms with Gasteiger partial charge in [0, 0.05) is 6.42 Å². The molecular formula is C23H27NO3. The standard InChI is InChI=1S/C23H27NO3/c1-15-14-24-21-11-10-20(13-22(21)27-15)19-8-6-18(7-9-19)17-4-2-16(3-5-17)12-23(25)26/h6-11,13,15-17,24H,2-5,12,14H2,1H3,(H,25,26). The molecule has 1 aliphatic carbocycles. The first-order chi connectivity index (χ1) is 13.1. The number of hydrogen-bond acceptors (Lipinski definition) is 3. The fourth-order valence-electron chi connectivity index (χ4n) is 4.35. The fraction of sp³-hybridized carbons (Fsp3) is 0.435. The van der Waals surface area contributed by atoms with Gasteiger partial charge < -0.3 is 15.2 Å². The Morgan fingerprint density at radius 3 is 2.48 bits per heavy atom. The first kappa shape index (κ1) is 17.9. The van der Waals surface area contributed by atoms with Crippen LogP contribution in [-0.4, -0.2) is 23.7 Å². The van der Waals surface area contributed by atoms with Crippen molar-refractivity contribution in [2.24, 2.45) is 5.92 Å². The smallest absolute Gasteiger partial charge is 0.303 e. The van der Waals surface area contributed by atoms with Crippen LogP contribution in [0, 0.1) is 5.92 Å². The summed E-state index contributed by atoms with van der Waals surface area (Å²) in [5, 5.41) is 12.4. The number of hydrogen-bond donors (Lipinski definition) is 2. The second-order valence-electron chi connectivity index (χ2n) is 7.96. The van der Waals surface area contributed by atoms with E-state index in [2.05, 4.69) is 54.7 Å². The van der Waals surface area contributed by atoms with Crippen molar-refractivity contribution in [2.75, 3.05) is 11.9 Å². The molecule has 0 spiro atoms. The largest absolute Gasteiger partial charge is 0.487 e. The van der Waals surface area contributed by atoms with Gasteiger partial charge in [0.1, 0.15) is 11.9 Å². The lowest BCUT2D eigenvalue weighted by molar-refractivity contribution is -0.138. The van der Waals surface area contributed by atoms with Gasteiger partial charge in [0.15, 0.2) is 0 Å². The van der Waals surface area contributed by atoms with Gasteiger partial charge in [-0.05, 0) is 73.3 Å². The molecule has 142 valence electrons. The third kappa shape index (κ3) is 4.10. The zero-order chi connectivity index (χ0) is 18.8. The molecule has 2 N–H and O–H groups in total. The van der Waals surface area contributed by atoms with Crippen molar-refractivity contribution in [1.82, 2.24) is 0 Å². The normalized spacial score (nSPS) is 24.4. The zero-order valence-electron chi connectivity index (χ0n) is 15.8. The highest BCUT2D eigenvalue weighted by Crippen LogP contribution is 2.38. The number of carboxylic acid groups (broad SMARTS) is 1. The predicted molar refractivity (Wildman–Crippen MR) is 107 cm³/mol. The highest BCUT2D eigenvalue weighted by atomic mass is 16.5. The number of fused-ring (bicyclic) bond motifs is 1. The SMILES string of the molecule is CC1CNc2ccc(-c3ccc(C4CCC(CC(=O)O)CC4)cc3)cc2O1. The molecule has 0 radical (unpaired) electrons. The van der Waals surface area contributed by atoms with Crippen molar-refractivity contribution in [3.63, 3.8) is 0 Å². The Labute approximate surface area is 160 Å². The van der Waals surface area contributed by atoms with Gasteiger partial charge in [-0.25, -0.2) is 0 Å². The second kappa shape index (κ2) is 7.63. The maximum atomic E-state index is 10.9. The van der Waals surface area contributed by atoms with Crippen LogP contribution >= 0.6 is 0 Å². The maximum absolute atomic E-state index is 10.9. The molecule has 2 aromatic rings. The van der Waals surface area contributed by atoms with Crippen LogP contribution in [0.1, 0.15) is 50.5 Å². The fourth-order valence-corrected chi connectivity index (χ4v) is 4.35. The molecule has 4 nitrogen and oxygen atoms in total. The maximum Gasteiger partial charge on any atom is 0.303 e. The Morgan fingerprint density at radius 1 is 1.07 bits per heavy atom. The lowest BCUT2D eigenvalue weighted by Crippen LogP contribution is -2.27. The third-order valence-electron chi connectivity index (χ3n) is 5.92. The van der Waals surface area contributed by atoms with Gasteiger partial charge in [0.25, 0.3) is 0 Å². The summed E-state index contributed by atoms with van der Waals surface area (Å²) in [5.74, 6) is 1.17. The first-order valence-electron chi connectivity index (χ1n) is 9.95. The van der Waals surface area contributed by atoms with E-state index >= 15 is 0 Å². The predicted octanol–water partition coefficient (Wildman–Crippen LogP) is 5.29. The molecule has 2 aliphatic rings. The van der Waals surface area contributed by atoms with Gasteiger partial charge in [-0.3, -0.25) is 4.79 Å². The van der Waals surface area contributed by atoms with E-state index in [4.69, 9.17) is 9.84 Å². The van der Waals surface area contributed by atoms with Crippen molar-refractivity contribution in [2.45, 2.75) is 51.0 Å². The summed E-state index contributed by atoms with van der Waals surface area (Å²) in [6.45, 7) is 2.92. The van der Waals surface area contributed by atoms with Crippen molar-refractivity contribution in [3.8, 4) is 16.9 Å². The molecular weight excluding hydrogens is 338 g/mol. The number of carboxylic acids is 1. The van der Waals surface area contributed by atoms with Crippen LogP contribution < -0.4 is 10.1 Å². The van der Waals surface area contributed by atoms with Crippen LogP contribution in [0.15, 0.2) is 42.5 Å². The molecule has 1 atom stereocenters. The van der Waals surface area contributed by atoms with Gasteiger partial charge in [-0.15, -0.1) is 0 Å². The molecule has 1 unspecified atom stereocenters. The summed E-state index contributed by atoms with van der Waals surface area (Å²) in [4.78, 5) is 10.9. The lowest BCUT2D eigenvalue weighted by atomic mass is 9.77. The quantitative estimate of drug-likeness (QED) is 0.772. The van der Waals surface area contributed by atoms with Crippen LogP contribution in [0.4, 0.5) is 5.69 Å². The molecule has 1 heterocycles. The Bertz CT molecular complexity index is 807. The molecule has 0 saturated heterocycles. The molecule has 1 aliphatic heterocycles. The lowest BCUT2D eigenvalue weighted by Gasteiger charge is -2.28. The van der Waals surface area contributed by atoms with Crippen LogP contribution in [0.3, 0.4) is 0 Å². The Balaban J connectivity index is 1.44. The molecule has 1 saturated carbocycles. The molecule has 0 bridgehead atoms. The summed E-state index contributed by atoms with van der Waals surface area (Å²) < 4.78 is 5.95. The van der Waals surface area contributed by atoms with E-state index in [0.29, 0.717) is 18.3 Å². The van der Waals surface area contributed by atoms with E-state index in [1.54, 1.807) is 0 Å². The van der Waals surface area contributed by atoms with Gasteiger partial charge in [-0.1, -0.05) is 30.3 Å². The highest BCUT2D eigenvalue weighted by molar-refractivity contribution is 5.71. The average molecular weight is 365 g/mol. The Hall–Kier alpha value is -2.49. The summed E-state index contributed by atoms with van der Waals surface area (Å²) in [6, 6.07) is 15.2. The molecule has 0 aromatic heterocycles.